The lowest BCUT2D eigenvalue weighted by Crippen LogP contribution is -2.23. The number of alkyl halides is 2. The van der Waals surface area contributed by atoms with Crippen molar-refractivity contribution in [3.05, 3.63) is 29.8 Å². The van der Waals surface area contributed by atoms with E-state index in [1.54, 1.807) is 18.2 Å². The summed E-state index contributed by atoms with van der Waals surface area (Å²) in [4.78, 5) is 10.3. The molecule has 0 unspecified atom stereocenters. The van der Waals surface area contributed by atoms with E-state index in [0.29, 0.717) is 18.7 Å². The number of carbonyl (C=O) groups excluding carboxylic acids is 1. The van der Waals surface area contributed by atoms with Crippen LogP contribution in [0, 0.1) is 0 Å². The number of primary amides is 1. The molecular formula is C11H14F2N2O3. The van der Waals surface area contributed by atoms with E-state index in [4.69, 9.17) is 5.73 Å². The quantitative estimate of drug-likeness (QED) is 0.728. The molecule has 1 aromatic rings. The van der Waals surface area contributed by atoms with Crippen molar-refractivity contribution in [1.82, 2.24) is 5.32 Å². The van der Waals surface area contributed by atoms with Gasteiger partial charge in [0.15, 0.2) is 0 Å². The summed E-state index contributed by atoms with van der Waals surface area (Å²) in [6.45, 7) is -2.05. The van der Waals surface area contributed by atoms with E-state index in [9.17, 15) is 13.6 Å². The first-order valence-electron chi connectivity index (χ1n) is 5.25. The monoisotopic (exact) mass is 260 g/mol. The number of ether oxygens (including phenoxy) is 2. The van der Waals surface area contributed by atoms with Gasteiger partial charge in [0, 0.05) is 18.7 Å². The van der Waals surface area contributed by atoms with Crippen molar-refractivity contribution in [2.45, 2.75) is 13.2 Å². The van der Waals surface area contributed by atoms with Crippen LogP contribution in [0.3, 0.4) is 0 Å². The molecule has 100 valence electrons. The minimum atomic E-state index is -2.86. The second-order valence-corrected chi connectivity index (χ2v) is 3.33. The molecule has 0 spiro atoms. The minimum Gasteiger partial charge on any atom is -0.448 e. The number of benzene rings is 1. The van der Waals surface area contributed by atoms with Gasteiger partial charge in [0.2, 0.25) is 0 Å². The molecule has 3 N–H and O–H groups in total. The van der Waals surface area contributed by atoms with Gasteiger partial charge in [0.25, 0.3) is 0 Å². The first-order chi connectivity index (χ1) is 8.59. The molecule has 0 atom stereocenters. The maximum atomic E-state index is 12.1. The Labute approximate surface area is 103 Å². The maximum absolute atomic E-state index is 12.1. The number of carbonyl (C=O) groups is 1. The Hall–Kier alpha value is -1.89. The van der Waals surface area contributed by atoms with Gasteiger partial charge < -0.3 is 20.5 Å². The fraction of sp³-hybridized carbons (Fsp3) is 0.364. The van der Waals surface area contributed by atoms with Crippen molar-refractivity contribution in [2.24, 2.45) is 5.73 Å². The summed E-state index contributed by atoms with van der Waals surface area (Å²) in [5.74, 6) is 0.121. The lowest BCUT2D eigenvalue weighted by Gasteiger charge is -2.11. The van der Waals surface area contributed by atoms with Gasteiger partial charge in [0.05, 0.1) is 0 Å². The Kier molecular flexibility index (Phi) is 5.86. The highest BCUT2D eigenvalue weighted by atomic mass is 19.3. The fourth-order valence-corrected chi connectivity index (χ4v) is 1.31. The van der Waals surface area contributed by atoms with Crippen LogP contribution in [0.2, 0.25) is 0 Å². The molecule has 0 bridgehead atoms. The average Bonchev–Trinajstić information content (AvgIpc) is 2.29. The van der Waals surface area contributed by atoms with Gasteiger partial charge in [-0.25, -0.2) is 4.79 Å². The molecule has 0 aliphatic carbocycles. The van der Waals surface area contributed by atoms with Crippen molar-refractivity contribution in [3.8, 4) is 5.75 Å². The largest absolute Gasteiger partial charge is 0.448 e. The second kappa shape index (κ2) is 7.44. The number of hydrogen-bond acceptors (Lipinski definition) is 4. The van der Waals surface area contributed by atoms with E-state index in [-0.39, 0.29) is 12.4 Å². The predicted molar refractivity (Wildman–Crippen MR) is 60.3 cm³/mol. The molecule has 5 nitrogen and oxygen atoms in total. The summed E-state index contributed by atoms with van der Waals surface area (Å²) in [6, 6.07) is 6.45. The number of nitrogens with two attached hydrogens (primary N) is 1. The predicted octanol–water partition coefficient (Wildman–Crippen LogP) is 1.47. The van der Waals surface area contributed by atoms with Crippen molar-refractivity contribution in [2.75, 3.05) is 13.2 Å². The van der Waals surface area contributed by atoms with Crippen LogP contribution in [-0.2, 0) is 11.3 Å². The van der Waals surface area contributed by atoms with Gasteiger partial charge in [0.1, 0.15) is 12.4 Å². The summed E-state index contributed by atoms with van der Waals surface area (Å²) < 4.78 is 33.1. The Morgan fingerprint density at radius 3 is 2.78 bits per heavy atom. The lowest BCUT2D eigenvalue weighted by molar-refractivity contribution is -0.0505. The molecule has 0 saturated carbocycles. The van der Waals surface area contributed by atoms with Crippen LogP contribution >= 0.6 is 0 Å². The van der Waals surface area contributed by atoms with Crippen molar-refractivity contribution >= 4 is 6.09 Å². The van der Waals surface area contributed by atoms with E-state index < -0.39 is 12.7 Å². The van der Waals surface area contributed by atoms with Crippen LogP contribution in [0.1, 0.15) is 5.56 Å². The molecule has 0 aliphatic heterocycles. The highest BCUT2D eigenvalue weighted by molar-refractivity contribution is 5.64. The van der Waals surface area contributed by atoms with E-state index in [2.05, 4.69) is 14.8 Å². The zero-order valence-electron chi connectivity index (χ0n) is 9.57. The zero-order chi connectivity index (χ0) is 13.4. The molecule has 1 amide bonds. The summed E-state index contributed by atoms with van der Waals surface area (Å²) >= 11 is 0. The second-order valence-electron chi connectivity index (χ2n) is 3.33. The van der Waals surface area contributed by atoms with Crippen molar-refractivity contribution < 1.29 is 23.0 Å². The van der Waals surface area contributed by atoms with Gasteiger partial charge in [-0.3, -0.25) is 0 Å². The van der Waals surface area contributed by atoms with E-state index in [1.165, 1.54) is 6.07 Å². The molecule has 0 heterocycles. The van der Waals surface area contributed by atoms with Crippen LogP contribution in [0.25, 0.3) is 0 Å². The number of para-hydroxylation sites is 1. The summed E-state index contributed by atoms with van der Waals surface area (Å²) in [5, 5.41) is 2.91. The first kappa shape index (κ1) is 14.2. The van der Waals surface area contributed by atoms with Gasteiger partial charge in [-0.15, -0.1) is 0 Å². The van der Waals surface area contributed by atoms with Crippen LogP contribution in [0.5, 0.6) is 5.75 Å². The number of rotatable bonds is 7. The van der Waals surface area contributed by atoms with Gasteiger partial charge in [-0.2, -0.15) is 8.78 Å². The van der Waals surface area contributed by atoms with Crippen molar-refractivity contribution in [1.29, 1.82) is 0 Å². The van der Waals surface area contributed by atoms with Gasteiger partial charge in [-0.1, -0.05) is 18.2 Å². The maximum Gasteiger partial charge on any atom is 0.404 e. The molecule has 7 heteroatoms. The topological polar surface area (TPSA) is 73.6 Å². The molecule has 0 saturated heterocycles. The summed E-state index contributed by atoms with van der Waals surface area (Å²) in [6.07, 6.45) is -0.849. The number of nitrogens with one attached hydrogen (secondary N) is 1. The molecule has 0 aliphatic rings. The Morgan fingerprint density at radius 2 is 2.11 bits per heavy atom. The Balaban J connectivity index is 2.39. The molecule has 18 heavy (non-hydrogen) atoms. The Morgan fingerprint density at radius 1 is 1.39 bits per heavy atom. The molecule has 1 rings (SSSR count). The molecule has 0 aromatic heterocycles. The van der Waals surface area contributed by atoms with Crippen LogP contribution in [0.15, 0.2) is 24.3 Å². The third-order valence-electron chi connectivity index (χ3n) is 2.03. The molecule has 0 radical (unpaired) electrons. The van der Waals surface area contributed by atoms with E-state index >= 15 is 0 Å². The van der Waals surface area contributed by atoms with E-state index in [1.807, 2.05) is 0 Å². The van der Waals surface area contributed by atoms with Crippen LogP contribution in [-0.4, -0.2) is 25.9 Å². The molecule has 0 fully saturated rings. The minimum absolute atomic E-state index is 0.118. The molecular weight excluding hydrogens is 246 g/mol. The van der Waals surface area contributed by atoms with Crippen molar-refractivity contribution in [3.63, 3.8) is 0 Å². The standard InChI is InChI=1S/C11H14F2N2O3/c12-10(13)18-9-4-2-1-3-8(9)7-15-5-6-17-11(14)16/h1-4,10,15H,5-7H2,(H2,14,16). The Bertz CT molecular complexity index is 388. The smallest absolute Gasteiger partial charge is 0.404 e. The first-order valence-corrected chi connectivity index (χ1v) is 5.25. The third kappa shape index (κ3) is 5.44. The SMILES string of the molecule is NC(=O)OCCNCc1ccccc1OC(F)F. The van der Waals surface area contributed by atoms with Crippen LogP contribution in [0.4, 0.5) is 13.6 Å². The number of hydrogen-bond donors (Lipinski definition) is 2. The highest BCUT2D eigenvalue weighted by Gasteiger charge is 2.08. The van der Waals surface area contributed by atoms with Gasteiger partial charge >= 0.3 is 12.7 Å². The summed E-state index contributed by atoms with van der Waals surface area (Å²) in [7, 11) is 0. The molecule has 1 aromatic carbocycles. The normalized spacial score (nSPS) is 10.4. The number of halogens is 2. The third-order valence-corrected chi connectivity index (χ3v) is 2.03. The van der Waals surface area contributed by atoms with Gasteiger partial charge in [-0.05, 0) is 6.07 Å². The number of amides is 1. The summed E-state index contributed by atoms with van der Waals surface area (Å²) in [5.41, 5.74) is 5.37. The average molecular weight is 260 g/mol. The van der Waals surface area contributed by atoms with Crippen LogP contribution < -0.4 is 15.8 Å². The van der Waals surface area contributed by atoms with E-state index in [0.717, 1.165) is 0 Å². The highest BCUT2D eigenvalue weighted by Crippen LogP contribution is 2.19. The lowest BCUT2D eigenvalue weighted by atomic mass is 10.2. The zero-order valence-corrected chi connectivity index (χ0v) is 9.57. The fourth-order valence-electron chi connectivity index (χ4n) is 1.31.